The van der Waals surface area contributed by atoms with Crippen LogP contribution in [0.25, 0.3) is 0 Å². The SMILES string of the molecule is CCN1CCC2(CC1)CN(CN)C2. The molecule has 2 rings (SSSR count). The second-order valence-electron chi connectivity index (χ2n) is 4.60. The van der Waals surface area contributed by atoms with Crippen LogP contribution >= 0.6 is 0 Å². The molecule has 2 saturated heterocycles. The molecule has 2 heterocycles. The van der Waals surface area contributed by atoms with E-state index in [0.29, 0.717) is 5.41 Å². The first kappa shape index (κ1) is 9.44. The highest BCUT2D eigenvalue weighted by Gasteiger charge is 2.43. The van der Waals surface area contributed by atoms with Crippen molar-refractivity contribution in [3.63, 3.8) is 0 Å². The van der Waals surface area contributed by atoms with E-state index in [9.17, 15) is 0 Å². The van der Waals surface area contributed by atoms with E-state index >= 15 is 0 Å². The monoisotopic (exact) mass is 183 g/mol. The second-order valence-corrected chi connectivity index (χ2v) is 4.60. The van der Waals surface area contributed by atoms with Crippen LogP contribution in [0.3, 0.4) is 0 Å². The Kier molecular flexibility index (Phi) is 2.58. The highest BCUT2D eigenvalue weighted by Crippen LogP contribution is 2.39. The highest BCUT2D eigenvalue weighted by atomic mass is 15.3. The number of likely N-dealkylation sites (tertiary alicyclic amines) is 2. The molecule has 2 fully saturated rings. The Morgan fingerprint density at radius 3 is 2.23 bits per heavy atom. The topological polar surface area (TPSA) is 32.5 Å². The van der Waals surface area contributed by atoms with Gasteiger partial charge in [-0.25, -0.2) is 0 Å². The molecule has 0 saturated carbocycles. The number of hydrogen-bond acceptors (Lipinski definition) is 3. The summed E-state index contributed by atoms with van der Waals surface area (Å²) in [4.78, 5) is 4.90. The zero-order valence-corrected chi connectivity index (χ0v) is 8.63. The Balaban J connectivity index is 1.79. The molecule has 13 heavy (non-hydrogen) atoms. The van der Waals surface area contributed by atoms with Gasteiger partial charge >= 0.3 is 0 Å². The molecule has 2 aliphatic rings. The first-order valence-electron chi connectivity index (χ1n) is 5.43. The smallest absolute Gasteiger partial charge is 0.0455 e. The zero-order chi connectivity index (χ0) is 9.31. The van der Waals surface area contributed by atoms with Gasteiger partial charge in [0.05, 0.1) is 0 Å². The van der Waals surface area contributed by atoms with Gasteiger partial charge < -0.3 is 10.6 Å². The third-order valence-corrected chi connectivity index (χ3v) is 3.74. The maximum Gasteiger partial charge on any atom is 0.0455 e. The molecule has 0 unspecified atom stereocenters. The third-order valence-electron chi connectivity index (χ3n) is 3.74. The van der Waals surface area contributed by atoms with Gasteiger partial charge in [0.2, 0.25) is 0 Å². The van der Waals surface area contributed by atoms with Crippen molar-refractivity contribution < 1.29 is 0 Å². The molecule has 0 aromatic rings. The van der Waals surface area contributed by atoms with Crippen molar-refractivity contribution in [2.24, 2.45) is 11.1 Å². The standard InChI is InChI=1S/C10H21N3/c1-2-12-5-3-10(4-6-12)7-13(8-10)9-11/h2-9,11H2,1H3. The second kappa shape index (κ2) is 3.56. The van der Waals surface area contributed by atoms with Crippen LogP contribution in [0.5, 0.6) is 0 Å². The van der Waals surface area contributed by atoms with Gasteiger partial charge in [0.25, 0.3) is 0 Å². The van der Waals surface area contributed by atoms with Gasteiger partial charge in [-0.1, -0.05) is 6.92 Å². The molecule has 0 bridgehead atoms. The number of nitrogens with zero attached hydrogens (tertiary/aromatic N) is 2. The number of hydrogen-bond donors (Lipinski definition) is 1. The van der Waals surface area contributed by atoms with Gasteiger partial charge in [-0.15, -0.1) is 0 Å². The van der Waals surface area contributed by atoms with Crippen LogP contribution < -0.4 is 5.73 Å². The van der Waals surface area contributed by atoms with E-state index in [0.717, 1.165) is 6.67 Å². The maximum atomic E-state index is 5.59. The molecule has 76 valence electrons. The van der Waals surface area contributed by atoms with Gasteiger partial charge in [0.1, 0.15) is 0 Å². The lowest BCUT2D eigenvalue weighted by molar-refractivity contribution is -0.0439. The molecular weight excluding hydrogens is 162 g/mol. The van der Waals surface area contributed by atoms with E-state index in [2.05, 4.69) is 16.7 Å². The van der Waals surface area contributed by atoms with Crippen molar-refractivity contribution in [3.05, 3.63) is 0 Å². The largest absolute Gasteiger partial charge is 0.318 e. The van der Waals surface area contributed by atoms with Crippen molar-refractivity contribution in [1.29, 1.82) is 0 Å². The summed E-state index contributed by atoms with van der Waals surface area (Å²) in [5, 5.41) is 0. The fraction of sp³-hybridized carbons (Fsp3) is 1.00. The quantitative estimate of drug-likeness (QED) is 0.669. The minimum Gasteiger partial charge on any atom is -0.318 e. The third kappa shape index (κ3) is 1.73. The molecule has 1 spiro atoms. The zero-order valence-electron chi connectivity index (χ0n) is 8.63. The van der Waals surface area contributed by atoms with Crippen LogP contribution in [0.15, 0.2) is 0 Å². The highest BCUT2D eigenvalue weighted by molar-refractivity contribution is 4.97. The average Bonchev–Trinajstić information content (AvgIpc) is 2.14. The first-order valence-corrected chi connectivity index (χ1v) is 5.43. The van der Waals surface area contributed by atoms with Crippen LogP contribution in [-0.4, -0.2) is 49.2 Å². The summed E-state index contributed by atoms with van der Waals surface area (Å²) in [5.41, 5.74) is 6.25. The van der Waals surface area contributed by atoms with Crippen molar-refractivity contribution >= 4 is 0 Å². The predicted octanol–water partition coefficient (Wildman–Crippen LogP) is 0.320. The Hall–Kier alpha value is -0.120. The summed E-state index contributed by atoms with van der Waals surface area (Å²) in [7, 11) is 0. The minimum absolute atomic E-state index is 0.658. The summed E-state index contributed by atoms with van der Waals surface area (Å²) < 4.78 is 0. The predicted molar refractivity (Wildman–Crippen MR) is 54.4 cm³/mol. The molecule has 0 radical (unpaired) electrons. The van der Waals surface area contributed by atoms with Crippen molar-refractivity contribution in [2.75, 3.05) is 39.4 Å². The molecule has 0 aromatic carbocycles. The number of rotatable bonds is 2. The van der Waals surface area contributed by atoms with Gasteiger partial charge in [-0.05, 0) is 37.9 Å². The molecule has 2 aliphatic heterocycles. The molecule has 0 atom stereocenters. The lowest BCUT2D eigenvalue weighted by Crippen LogP contribution is -2.61. The summed E-state index contributed by atoms with van der Waals surface area (Å²) in [5.74, 6) is 0. The van der Waals surface area contributed by atoms with E-state index in [-0.39, 0.29) is 0 Å². The van der Waals surface area contributed by atoms with E-state index in [1.165, 1.54) is 45.6 Å². The summed E-state index contributed by atoms with van der Waals surface area (Å²) in [6.45, 7) is 9.33. The van der Waals surface area contributed by atoms with Crippen LogP contribution in [-0.2, 0) is 0 Å². The number of nitrogens with two attached hydrogens (primary N) is 1. The van der Waals surface area contributed by atoms with E-state index in [4.69, 9.17) is 5.73 Å². The Morgan fingerprint density at radius 1 is 1.15 bits per heavy atom. The van der Waals surface area contributed by atoms with Crippen LogP contribution in [0.2, 0.25) is 0 Å². The fourth-order valence-electron chi connectivity index (χ4n) is 2.69. The molecule has 0 amide bonds. The fourth-order valence-corrected chi connectivity index (χ4v) is 2.69. The van der Waals surface area contributed by atoms with Crippen LogP contribution in [0.1, 0.15) is 19.8 Å². The van der Waals surface area contributed by atoms with Gasteiger partial charge in [-0.2, -0.15) is 0 Å². The van der Waals surface area contributed by atoms with Crippen molar-refractivity contribution in [3.8, 4) is 0 Å². The van der Waals surface area contributed by atoms with Gasteiger partial charge in [0.15, 0.2) is 0 Å². The normalized spacial score (nSPS) is 29.1. The Bertz CT molecular complexity index is 165. The lowest BCUT2D eigenvalue weighted by atomic mass is 9.72. The van der Waals surface area contributed by atoms with E-state index < -0.39 is 0 Å². The van der Waals surface area contributed by atoms with Crippen LogP contribution in [0, 0.1) is 5.41 Å². The average molecular weight is 183 g/mol. The van der Waals surface area contributed by atoms with Crippen molar-refractivity contribution in [2.45, 2.75) is 19.8 Å². The van der Waals surface area contributed by atoms with Crippen LogP contribution in [0.4, 0.5) is 0 Å². The lowest BCUT2D eigenvalue weighted by Gasteiger charge is -2.53. The van der Waals surface area contributed by atoms with Gasteiger partial charge in [0, 0.05) is 19.8 Å². The first-order chi connectivity index (χ1) is 6.28. The summed E-state index contributed by atoms with van der Waals surface area (Å²) in [6.07, 6.45) is 2.77. The van der Waals surface area contributed by atoms with Crippen molar-refractivity contribution in [1.82, 2.24) is 9.80 Å². The molecule has 2 N–H and O–H groups in total. The molecule has 3 heteroatoms. The molecular formula is C10H21N3. The van der Waals surface area contributed by atoms with Gasteiger partial charge in [-0.3, -0.25) is 4.90 Å². The van der Waals surface area contributed by atoms with E-state index in [1.54, 1.807) is 0 Å². The minimum atomic E-state index is 0.658. The van der Waals surface area contributed by atoms with E-state index in [1.807, 2.05) is 0 Å². The molecule has 0 aromatic heterocycles. The summed E-state index contributed by atoms with van der Waals surface area (Å²) in [6, 6.07) is 0. The maximum absolute atomic E-state index is 5.59. The molecule has 0 aliphatic carbocycles. The summed E-state index contributed by atoms with van der Waals surface area (Å²) >= 11 is 0. The molecule has 3 nitrogen and oxygen atoms in total. The Morgan fingerprint density at radius 2 is 1.77 bits per heavy atom. The Labute approximate surface area is 80.9 Å². The number of piperidine rings is 1.